The van der Waals surface area contributed by atoms with E-state index in [-0.39, 0.29) is 5.92 Å². The highest BCUT2D eigenvalue weighted by molar-refractivity contribution is 5.35. The van der Waals surface area contributed by atoms with Crippen LogP contribution in [0, 0.1) is 0 Å². The SMILES string of the molecule is COc1cccc(C(O)C(CN)c2cccc(OC)c2)c1. The van der Waals surface area contributed by atoms with Crippen LogP contribution in [0.25, 0.3) is 0 Å². The number of hydrogen-bond donors (Lipinski definition) is 2. The Morgan fingerprint density at radius 3 is 2.00 bits per heavy atom. The fraction of sp³-hybridized carbons (Fsp3) is 0.294. The normalized spacial score (nSPS) is 13.5. The molecule has 4 nitrogen and oxygen atoms in total. The van der Waals surface area contributed by atoms with Gasteiger partial charge in [-0.1, -0.05) is 24.3 Å². The van der Waals surface area contributed by atoms with Gasteiger partial charge in [-0.15, -0.1) is 0 Å². The summed E-state index contributed by atoms with van der Waals surface area (Å²) in [5.41, 5.74) is 7.61. The van der Waals surface area contributed by atoms with Crippen molar-refractivity contribution in [1.29, 1.82) is 0 Å². The Morgan fingerprint density at radius 2 is 1.48 bits per heavy atom. The molecule has 0 fully saturated rings. The van der Waals surface area contributed by atoms with Crippen molar-refractivity contribution in [3.63, 3.8) is 0 Å². The van der Waals surface area contributed by atoms with E-state index in [1.165, 1.54) is 0 Å². The van der Waals surface area contributed by atoms with Crippen molar-refractivity contribution in [3.8, 4) is 11.5 Å². The van der Waals surface area contributed by atoms with Crippen LogP contribution < -0.4 is 15.2 Å². The predicted octanol–water partition coefficient (Wildman–Crippen LogP) is 2.48. The number of nitrogens with two attached hydrogens (primary N) is 1. The molecule has 0 radical (unpaired) electrons. The van der Waals surface area contributed by atoms with Gasteiger partial charge < -0.3 is 20.3 Å². The van der Waals surface area contributed by atoms with Gasteiger partial charge >= 0.3 is 0 Å². The molecule has 21 heavy (non-hydrogen) atoms. The first-order chi connectivity index (χ1) is 10.2. The Balaban J connectivity index is 2.30. The molecule has 2 rings (SSSR count). The Hall–Kier alpha value is -2.04. The van der Waals surface area contributed by atoms with Crippen molar-refractivity contribution < 1.29 is 14.6 Å². The third-order valence-electron chi connectivity index (χ3n) is 3.59. The van der Waals surface area contributed by atoms with E-state index in [4.69, 9.17) is 15.2 Å². The van der Waals surface area contributed by atoms with Crippen molar-refractivity contribution in [2.24, 2.45) is 5.73 Å². The smallest absolute Gasteiger partial charge is 0.119 e. The zero-order valence-corrected chi connectivity index (χ0v) is 12.3. The summed E-state index contributed by atoms with van der Waals surface area (Å²) in [5.74, 6) is 1.27. The quantitative estimate of drug-likeness (QED) is 0.856. The van der Waals surface area contributed by atoms with Crippen LogP contribution in [0.5, 0.6) is 11.5 Å². The average Bonchev–Trinajstić information content (AvgIpc) is 2.55. The molecule has 0 bridgehead atoms. The van der Waals surface area contributed by atoms with Gasteiger partial charge in [0, 0.05) is 12.5 Å². The van der Waals surface area contributed by atoms with E-state index in [9.17, 15) is 5.11 Å². The van der Waals surface area contributed by atoms with Crippen LogP contribution in [0.2, 0.25) is 0 Å². The minimum absolute atomic E-state index is 0.202. The Bertz CT molecular complexity index is 586. The van der Waals surface area contributed by atoms with Gasteiger partial charge in [0.15, 0.2) is 0 Å². The van der Waals surface area contributed by atoms with Crippen LogP contribution >= 0.6 is 0 Å². The van der Waals surface area contributed by atoms with Crippen molar-refractivity contribution in [1.82, 2.24) is 0 Å². The third kappa shape index (κ3) is 3.54. The lowest BCUT2D eigenvalue weighted by atomic mass is 9.89. The van der Waals surface area contributed by atoms with Crippen LogP contribution in [0.1, 0.15) is 23.1 Å². The summed E-state index contributed by atoms with van der Waals surface area (Å²) < 4.78 is 10.4. The summed E-state index contributed by atoms with van der Waals surface area (Å²) in [7, 11) is 3.23. The van der Waals surface area contributed by atoms with Gasteiger partial charge in [0.05, 0.1) is 20.3 Å². The molecule has 0 spiro atoms. The number of aliphatic hydroxyl groups excluding tert-OH is 1. The highest BCUT2D eigenvalue weighted by atomic mass is 16.5. The van der Waals surface area contributed by atoms with Crippen LogP contribution in [0.15, 0.2) is 48.5 Å². The zero-order chi connectivity index (χ0) is 15.2. The maximum atomic E-state index is 10.6. The molecular weight excluding hydrogens is 266 g/mol. The lowest BCUT2D eigenvalue weighted by Gasteiger charge is -2.23. The zero-order valence-electron chi connectivity index (χ0n) is 12.3. The molecule has 2 unspecified atom stereocenters. The second-order valence-corrected chi connectivity index (χ2v) is 4.84. The van der Waals surface area contributed by atoms with Crippen LogP contribution in [0.4, 0.5) is 0 Å². The molecule has 3 N–H and O–H groups in total. The maximum absolute atomic E-state index is 10.6. The van der Waals surface area contributed by atoms with Crippen LogP contribution in [-0.2, 0) is 0 Å². The topological polar surface area (TPSA) is 64.7 Å². The molecule has 0 saturated heterocycles. The van der Waals surface area contributed by atoms with Crippen molar-refractivity contribution in [2.75, 3.05) is 20.8 Å². The summed E-state index contributed by atoms with van der Waals surface area (Å²) in [4.78, 5) is 0. The summed E-state index contributed by atoms with van der Waals surface area (Å²) >= 11 is 0. The molecule has 0 aliphatic heterocycles. The van der Waals surface area contributed by atoms with Gasteiger partial charge in [-0.3, -0.25) is 0 Å². The summed E-state index contributed by atoms with van der Waals surface area (Å²) in [6.07, 6.45) is -0.697. The first-order valence-electron chi connectivity index (χ1n) is 6.85. The number of hydrogen-bond acceptors (Lipinski definition) is 4. The molecule has 0 amide bonds. The van der Waals surface area contributed by atoms with E-state index in [2.05, 4.69) is 0 Å². The van der Waals surface area contributed by atoms with E-state index >= 15 is 0 Å². The molecule has 0 aliphatic carbocycles. The Labute approximate surface area is 125 Å². The maximum Gasteiger partial charge on any atom is 0.119 e. The monoisotopic (exact) mass is 287 g/mol. The minimum atomic E-state index is -0.697. The van der Waals surface area contributed by atoms with Gasteiger partial charge in [-0.05, 0) is 35.4 Å². The minimum Gasteiger partial charge on any atom is -0.497 e. The largest absolute Gasteiger partial charge is 0.497 e. The van der Waals surface area contributed by atoms with E-state index in [0.717, 1.165) is 16.9 Å². The predicted molar refractivity (Wildman–Crippen MR) is 82.7 cm³/mol. The number of ether oxygens (including phenoxy) is 2. The standard InChI is InChI=1S/C17H21NO3/c1-20-14-7-3-5-12(9-14)16(11-18)17(19)13-6-4-8-15(10-13)21-2/h3-10,16-17,19H,11,18H2,1-2H3. The van der Waals surface area contributed by atoms with Crippen LogP contribution in [0.3, 0.4) is 0 Å². The highest BCUT2D eigenvalue weighted by Gasteiger charge is 2.22. The number of methoxy groups -OCH3 is 2. The third-order valence-corrected chi connectivity index (χ3v) is 3.59. The van der Waals surface area contributed by atoms with E-state index in [1.807, 2.05) is 48.5 Å². The number of benzene rings is 2. The first-order valence-corrected chi connectivity index (χ1v) is 6.85. The van der Waals surface area contributed by atoms with E-state index in [0.29, 0.717) is 12.3 Å². The number of rotatable bonds is 6. The molecule has 2 aromatic carbocycles. The molecule has 0 aromatic heterocycles. The second-order valence-electron chi connectivity index (χ2n) is 4.84. The molecule has 4 heteroatoms. The van der Waals surface area contributed by atoms with Crippen molar-refractivity contribution in [2.45, 2.75) is 12.0 Å². The van der Waals surface area contributed by atoms with Gasteiger partial charge in [0.2, 0.25) is 0 Å². The van der Waals surface area contributed by atoms with Gasteiger partial charge in [0.1, 0.15) is 11.5 Å². The van der Waals surface area contributed by atoms with Crippen molar-refractivity contribution >= 4 is 0 Å². The van der Waals surface area contributed by atoms with Crippen LogP contribution in [-0.4, -0.2) is 25.9 Å². The molecule has 0 saturated carbocycles. The summed E-state index contributed by atoms with van der Waals surface area (Å²) in [5, 5.41) is 10.6. The fourth-order valence-corrected chi connectivity index (χ4v) is 2.38. The van der Waals surface area contributed by atoms with Gasteiger partial charge in [0.25, 0.3) is 0 Å². The molecule has 2 atom stereocenters. The first kappa shape index (κ1) is 15.4. The molecule has 2 aromatic rings. The summed E-state index contributed by atoms with van der Waals surface area (Å²) in [6, 6.07) is 15.0. The molecular formula is C17H21NO3. The highest BCUT2D eigenvalue weighted by Crippen LogP contribution is 2.33. The Kier molecular flexibility index (Phi) is 5.20. The molecule has 0 aliphatic rings. The van der Waals surface area contributed by atoms with Crippen molar-refractivity contribution in [3.05, 3.63) is 59.7 Å². The molecule has 0 heterocycles. The molecule has 112 valence electrons. The number of aliphatic hydroxyl groups is 1. The van der Waals surface area contributed by atoms with Gasteiger partial charge in [-0.2, -0.15) is 0 Å². The lowest BCUT2D eigenvalue weighted by Crippen LogP contribution is -2.20. The lowest BCUT2D eigenvalue weighted by molar-refractivity contribution is 0.147. The van der Waals surface area contributed by atoms with E-state index < -0.39 is 6.10 Å². The summed E-state index contributed by atoms with van der Waals surface area (Å²) in [6.45, 7) is 0.339. The second kappa shape index (κ2) is 7.11. The Morgan fingerprint density at radius 1 is 0.952 bits per heavy atom. The van der Waals surface area contributed by atoms with Gasteiger partial charge in [-0.25, -0.2) is 0 Å². The van der Waals surface area contributed by atoms with E-state index in [1.54, 1.807) is 14.2 Å². The fourth-order valence-electron chi connectivity index (χ4n) is 2.38. The average molecular weight is 287 g/mol.